The maximum absolute atomic E-state index is 12.4. The molecule has 0 radical (unpaired) electrons. The van der Waals surface area contributed by atoms with E-state index in [-0.39, 0.29) is 43.2 Å². The van der Waals surface area contributed by atoms with Gasteiger partial charge in [0.1, 0.15) is 6.04 Å². The number of carbonyl (C=O) groups is 1. The van der Waals surface area contributed by atoms with Crippen molar-refractivity contribution in [1.82, 2.24) is 9.80 Å². The van der Waals surface area contributed by atoms with Crippen LogP contribution >= 0.6 is 24.8 Å². The van der Waals surface area contributed by atoms with Gasteiger partial charge in [0.25, 0.3) is 0 Å². The molecule has 2 atom stereocenters. The van der Waals surface area contributed by atoms with E-state index in [0.29, 0.717) is 32.6 Å². The number of rotatable bonds is 7. The number of amides is 1. The Bertz CT molecular complexity index is 349. The number of methoxy groups -OCH3 is 1. The van der Waals surface area contributed by atoms with E-state index >= 15 is 0 Å². The van der Waals surface area contributed by atoms with E-state index in [1.54, 1.807) is 11.8 Å². The summed E-state index contributed by atoms with van der Waals surface area (Å²) in [7, 11) is 1.47. The number of nitrogens with zero attached hydrogens (tertiary/aromatic N) is 2. The highest BCUT2D eigenvalue weighted by molar-refractivity contribution is 5.85. The Kier molecular flexibility index (Phi) is 12.3. The summed E-state index contributed by atoms with van der Waals surface area (Å²) in [5, 5.41) is 0. The van der Waals surface area contributed by atoms with Crippen LogP contribution in [0.15, 0.2) is 0 Å². The summed E-state index contributed by atoms with van der Waals surface area (Å²) < 4.78 is 42.1. The second-order valence-corrected chi connectivity index (χ2v) is 5.44. The van der Waals surface area contributed by atoms with Crippen molar-refractivity contribution < 1.29 is 22.7 Å². The van der Waals surface area contributed by atoms with Crippen molar-refractivity contribution >= 4 is 30.7 Å². The fourth-order valence-electron chi connectivity index (χ4n) is 2.59. The third-order valence-electron chi connectivity index (χ3n) is 3.63. The zero-order valence-corrected chi connectivity index (χ0v) is 15.0. The lowest BCUT2D eigenvalue weighted by Crippen LogP contribution is -2.45. The van der Waals surface area contributed by atoms with Crippen LogP contribution < -0.4 is 5.73 Å². The fourth-order valence-corrected chi connectivity index (χ4v) is 2.59. The first-order valence-electron chi connectivity index (χ1n) is 7.09. The molecule has 23 heavy (non-hydrogen) atoms. The van der Waals surface area contributed by atoms with Gasteiger partial charge in [-0.15, -0.1) is 24.8 Å². The SMILES string of the molecule is CCN(CC1CCN(C(=O)C(N)COC)C1)CC(F)(F)F.Cl.Cl. The summed E-state index contributed by atoms with van der Waals surface area (Å²) in [6.07, 6.45) is -3.48. The third-order valence-corrected chi connectivity index (χ3v) is 3.63. The molecule has 0 bridgehead atoms. The van der Waals surface area contributed by atoms with Crippen LogP contribution in [0.1, 0.15) is 13.3 Å². The molecule has 1 heterocycles. The number of alkyl halides is 3. The smallest absolute Gasteiger partial charge is 0.383 e. The lowest BCUT2D eigenvalue weighted by molar-refractivity contribution is -0.146. The second kappa shape index (κ2) is 11.3. The van der Waals surface area contributed by atoms with Gasteiger partial charge in [-0.1, -0.05) is 6.92 Å². The number of hydrogen-bond donors (Lipinski definition) is 1. The van der Waals surface area contributed by atoms with Gasteiger partial charge < -0.3 is 15.4 Å². The highest BCUT2D eigenvalue weighted by Crippen LogP contribution is 2.21. The van der Waals surface area contributed by atoms with Gasteiger partial charge in [-0.25, -0.2) is 0 Å². The lowest BCUT2D eigenvalue weighted by atomic mass is 10.1. The van der Waals surface area contributed by atoms with E-state index < -0.39 is 18.8 Å². The van der Waals surface area contributed by atoms with Gasteiger partial charge in [0, 0.05) is 26.7 Å². The first kappa shape index (κ1) is 25.0. The van der Waals surface area contributed by atoms with Crippen LogP contribution in [0, 0.1) is 5.92 Å². The molecule has 0 aromatic heterocycles. The molecule has 1 fully saturated rings. The molecule has 1 rings (SSSR count). The van der Waals surface area contributed by atoms with Gasteiger partial charge in [0.05, 0.1) is 13.2 Å². The molecule has 2 unspecified atom stereocenters. The molecule has 1 aliphatic heterocycles. The summed E-state index contributed by atoms with van der Waals surface area (Å²) in [4.78, 5) is 15.0. The Morgan fingerprint density at radius 3 is 2.52 bits per heavy atom. The van der Waals surface area contributed by atoms with Gasteiger partial charge >= 0.3 is 6.18 Å². The number of ether oxygens (including phenoxy) is 1. The topological polar surface area (TPSA) is 58.8 Å². The Morgan fingerprint density at radius 2 is 2.04 bits per heavy atom. The quantitative estimate of drug-likeness (QED) is 0.724. The third kappa shape index (κ3) is 8.95. The zero-order valence-electron chi connectivity index (χ0n) is 13.3. The van der Waals surface area contributed by atoms with E-state index in [9.17, 15) is 18.0 Å². The first-order valence-corrected chi connectivity index (χ1v) is 7.09. The average molecular weight is 384 g/mol. The highest BCUT2D eigenvalue weighted by atomic mass is 35.5. The number of nitrogens with two attached hydrogens (primary N) is 1. The molecule has 2 N–H and O–H groups in total. The van der Waals surface area contributed by atoms with E-state index in [0.717, 1.165) is 0 Å². The molecule has 0 aromatic rings. The van der Waals surface area contributed by atoms with Gasteiger partial charge in [-0.05, 0) is 18.9 Å². The molecule has 0 aromatic carbocycles. The number of likely N-dealkylation sites (tertiary alicyclic amines) is 1. The number of halogens is 5. The van der Waals surface area contributed by atoms with Crippen molar-refractivity contribution in [2.75, 3.05) is 46.4 Å². The largest absolute Gasteiger partial charge is 0.401 e. The standard InChI is InChI=1S/C13H24F3N3O2.2ClH/c1-3-18(9-13(14,15)16)6-10-4-5-19(7-10)12(20)11(17)8-21-2;;/h10-11H,3-9,17H2,1-2H3;2*1H. The van der Waals surface area contributed by atoms with Crippen LogP contribution in [0.4, 0.5) is 13.2 Å². The molecule has 1 amide bonds. The second-order valence-electron chi connectivity index (χ2n) is 5.44. The van der Waals surface area contributed by atoms with E-state index in [4.69, 9.17) is 10.5 Å². The summed E-state index contributed by atoms with van der Waals surface area (Å²) in [6.45, 7) is 2.64. The summed E-state index contributed by atoms with van der Waals surface area (Å²) >= 11 is 0. The number of carbonyl (C=O) groups excluding carboxylic acids is 1. The minimum atomic E-state index is -4.19. The van der Waals surface area contributed by atoms with Crippen molar-refractivity contribution in [2.45, 2.75) is 25.6 Å². The van der Waals surface area contributed by atoms with E-state index in [1.807, 2.05) is 0 Å². The molecule has 1 saturated heterocycles. The molecule has 10 heteroatoms. The van der Waals surface area contributed by atoms with Crippen LogP contribution in [-0.4, -0.2) is 74.4 Å². The predicted molar refractivity (Wildman–Crippen MR) is 87.2 cm³/mol. The zero-order chi connectivity index (χ0) is 16.0. The minimum absolute atomic E-state index is 0. The van der Waals surface area contributed by atoms with Crippen LogP contribution in [0.3, 0.4) is 0 Å². The van der Waals surface area contributed by atoms with Crippen molar-refractivity contribution in [3.05, 3.63) is 0 Å². The van der Waals surface area contributed by atoms with Crippen LogP contribution in [0.25, 0.3) is 0 Å². The Morgan fingerprint density at radius 1 is 1.43 bits per heavy atom. The Balaban J connectivity index is 0. The molecular formula is C13H26Cl2F3N3O2. The molecular weight excluding hydrogens is 358 g/mol. The van der Waals surface area contributed by atoms with Gasteiger partial charge in [-0.2, -0.15) is 13.2 Å². The minimum Gasteiger partial charge on any atom is -0.383 e. The average Bonchev–Trinajstić information content (AvgIpc) is 2.84. The summed E-state index contributed by atoms with van der Waals surface area (Å²) in [5.74, 6) is -0.135. The highest BCUT2D eigenvalue weighted by Gasteiger charge is 2.34. The molecule has 5 nitrogen and oxygen atoms in total. The number of hydrogen-bond acceptors (Lipinski definition) is 4. The van der Waals surface area contributed by atoms with E-state index in [2.05, 4.69) is 0 Å². The van der Waals surface area contributed by atoms with Gasteiger partial charge in [0.15, 0.2) is 0 Å². The van der Waals surface area contributed by atoms with Crippen LogP contribution in [0.2, 0.25) is 0 Å². The maximum Gasteiger partial charge on any atom is 0.401 e. The van der Waals surface area contributed by atoms with Crippen LogP contribution in [0.5, 0.6) is 0 Å². The molecule has 1 aliphatic rings. The van der Waals surface area contributed by atoms with Gasteiger partial charge in [-0.3, -0.25) is 9.69 Å². The lowest BCUT2D eigenvalue weighted by Gasteiger charge is -2.25. The van der Waals surface area contributed by atoms with Gasteiger partial charge in [0.2, 0.25) is 5.91 Å². The predicted octanol–water partition coefficient (Wildman–Crippen LogP) is 1.54. The van der Waals surface area contributed by atoms with Crippen molar-refractivity contribution in [2.24, 2.45) is 11.7 Å². The normalized spacial score (nSPS) is 19.3. The molecule has 0 spiro atoms. The van der Waals surface area contributed by atoms with Crippen molar-refractivity contribution in [3.63, 3.8) is 0 Å². The van der Waals surface area contributed by atoms with Crippen molar-refractivity contribution in [1.29, 1.82) is 0 Å². The van der Waals surface area contributed by atoms with Crippen LogP contribution in [-0.2, 0) is 9.53 Å². The van der Waals surface area contributed by atoms with Crippen molar-refractivity contribution in [3.8, 4) is 0 Å². The first-order chi connectivity index (χ1) is 9.76. The molecule has 140 valence electrons. The van der Waals surface area contributed by atoms with E-state index in [1.165, 1.54) is 12.0 Å². The Hall–Kier alpha value is -0.280. The Labute approximate surface area is 147 Å². The molecule has 0 aliphatic carbocycles. The summed E-state index contributed by atoms with van der Waals surface area (Å²) in [5.41, 5.74) is 5.69. The maximum atomic E-state index is 12.4. The summed E-state index contributed by atoms with van der Waals surface area (Å²) in [6, 6.07) is -0.703. The fraction of sp³-hybridized carbons (Fsp3) is 0.923. The molecule has 0 saturated carbocycles. The monoisotopic (exact) mass is 383 g/mol.